The maximum absolute atomic E-state index is 5.36. The minimum absolute atomic E-state index is 0.310. The molecule has 114 valence electrons. The number of aromatic nitrogens is 2. The fourth-order valence-corrected chi connectivity index (χ4v) is 2.51. The van der Waals surface area contributed by atoms with Gasteiger partial charge < -0.3 is 19.1 Å². The molecule has 6 nitrogen and oxygen atoms in total. The van der Waals surface area contributed by atoms with Gasteiger partial charge in [0.25, 0.3) is 0 Å². The summed E-state index contributed by atoms with van der Waals surface area (Å²) in [6.07, 6.45) is 2.25. The van der Waals surface area contributed by atoms with Crippen molar-refractivity contribution in [2.45, 2.75) is 38.6 Å². The van der Waals surface area contributed by atoms with E-state index in [4.69, 9.17) is 9.26 Å². The predicted octanol–water partition coefficient (Wildman–Crippen LogP) is 1.74. The Morgan fingerprint density at radius 1 is 1.40 bits per heavy atom. The van der Waals surface area contributed by atoms with Crippen LogP contribution in [-0.2, 0) is 4.74 Å². The number of rotatable bonds is 6. The molecule has 1 fully saturated rings. The Morgan fingerprint density at radius 2 is 2.10 bits per heavy atom. The second kappa shape index (κ2) is 7.04. The Bertz CT molecular complexity index is 400. The Morgan fingerprint density at radius 3 is 2.65 bits per heavy atom. The van der Waals surface area contributed by atoms with E-state index in [1.807, 2.05) is 0 Å². The second-order valence-corrected chi connectivity index (χ2v) is 5.78. The molecule has 1 aromatic heterocycles. The van der Waals surface area contributed by atoms with Crippen LogP contribution in [-0.4, -0.2) is 61.5 Å². The van der Waals surface area contributed by atoms with E-state index in [0.29, 0.717) is 18.0 Å². The summed E-state index contributed by atoms with van der Waals surface area (Å²) in [5, 5.41) is 4.03. The van der Waals surface area contributed by atoms with Gasteiger partial charge in [-0.05, 0) is 19.9 Å². The monoisotopic (exact) mass is 282 g/mol. The first kappa shape index (κ1) is 15.3. The highest BCUT2D eigenvalue weighted by Crippen LogP contribution is 2.22. The molecule has 0 aliphatic carbocycles. The molecule has 20 heavy (non-hydrogen) atoms. The van der Waals surface area contributed by atoms with Crippen molar-refractivity contribution in [1.29, 1.82) is 0 Å². The average molecular weight is 282 g/mol. The highest BCUT2D eigenvalue weighted by atomic mass is 16.5. The first-order valence-electron chi connectivity index (χ1n) is 7.39. The lowest BCUT2D eigenvalue weighted by atomic mass is 10.0. The van der Waals surface area contributed by atoms with Gasteiger partial charge in [-0.2, -0.15) is 4.98 Å². The highest BCUT2D eigenvalue weighted by molar-refractivity contribution is 5.26. The molecular weight excluding hydrogens is 256 g/mol. The third-order valence-electron chi connectivity index (χ3n) is 3.95. The van der Waals surface area contributed by atoms with Gasteiger partial charge in [0.05, 0.1) is 6.61 Å². The van der Waals surface area contributed by atoms with E-state index in [1.165, 1.54) is 0 Å². The highest BCUT2D eigenvalue weighted by Gasteiger charge is 2.25. The summed E-state index contributed by atoms with van der Waals surface area (Å²) >= 11 is 0. The third-order valence-corrected chi connectivity index (χ3v) is 3.95. The van der Waals surface area contributed by atoms with Crippen molar-refractivity contribution in [3.8, 4) is 0 Å². The summed E-state index contributed by atoms with van der Waals surface area (Å²) in [6.45, 7) is 7.87. The van der Waals surface area contributed by atoms with Crippen molar-refractivity contribution in [2.24, 2.45) is 0 Å². The Labute approximate surface area is 121 Å². The number of piperidine rings is 1. The number of anilines is 1. The molecule has 2 rings (SSSR count). The summed E-state index contributed by atoms with van der Waals surface area (Å²) in [5.74, 6) is 1.10. The normalized spacial score (nSPS) is 17.4. The first-order chi connectivity index (χ1) is 9.61. The van der Waals surface area contributed by atoms with Gasteiger partial charge in [0.1, 0.15) is 0 Å². The van der Waals surface area contributed by atoms with Crippen LogP contribution in [0.5, 0.6) is 0 Å². The van der Waals surface area contributed by atoms with Crippen LogP contribution < -0.4 is 4.90 Å². The van der Waals surface area contributed by atoms with Crippen molar-refractivity contribution in [3.05, 3.63) is 5.82 Å². The summed E-state index contributed by atoms with van der Waals surface area (Å²) in [7, 11) is 3.92. The van der Waals surface area contributed by atoms with Crippen LogP contribution >= 0.6 is 0 Å². The first-order valence-corrected chi connectivity index (χ1v) is 7.39. The molecule has 0 unspecified atom stereocenters. The molecule has 1 aliphatic heterocycles. The molecule has 0 N–H and O–H groups in total. The van der Waals surface area contributed by atoms with Crippen LogP contribution in [0.15, 0.2) is 4.52 Å². The van der Waals surface area contributed by atoms with Crippen LogP contribution in [0.1, 0.15) is 38.4 Å². The van der Waals surface area contributed by atoms with Gasteiger partial charge in [0.2, 0.25) is 0 Å². The van der Waals surface area contributed by atoms with Crippen LogP contribution in [0.3, 0.4) is 0 Å². The third kappa shape index (κ3) is 3.70. The van der Waals surface area contributed by atoms with Crippen LogP contribution in [0.2, 0.25) is 0 Å². The van der Waals surface area contributed by atoms with Gasteiger partial charge in [0, 0.05) is 38.7 Å². The number of hydrogen-bond acceptors (Lipinski definition) is 6. The van der Waals surface area contributed by atoms with Crippen molar-refractivity contribution >= 4 is 6.01 Å². The molecule has 6 heteroatoms. The van der Waals surface area contributed by atoms with Crippen LogP contribution in [0, 0.1) is 0 Å². The smallest absolute Gasteiger partial charge is 0.324 e. The molecule has 0 atom stereocenters. The van der Waals surface area contributed by atoms with Crippen molar-refractivity contribution in [1.82, 2.24) is 15.0 Å². The largest absolute Gasteiger partial charge is 0.383 e. The Kier molecular flexibility index (Phi) is 5.37. The average Bonchev–Trinajstić information content (AvgIpc) is 2.95. The quantitative estimate of drug-likeness (QED) is 0.792. The zero-order chi connectivity index (χ0) is 14.5. The molecule has 0 aromatic carbocycles. The molecule has 1 aliphatic rings. The topological polar surface area (TPSA) is 54.6 Å². The fourth-order valence-electron chi connectivity index (χ4n) is 2.51. The second-order valence-electron chi connectivity index (χ2n) is 5.78. The number of nitrogens with zero attached hydrogens (tertiary/aromatic N) is 4. The molecular formula is C14H26N4O2. The maximum Gasteiger partial charge on any atom is 0.324 e. The molecule has 1 aromatic rings. The van der Waals surface area contributed by atoms with E-state index in [9.17, 15) is 0 Å². The molecule has 0 amide bonds. The summed E-state index contributed by atoms with van der Waals surface area (Å²) in [5.41, 5.74) is 0. The summed E-state index contributed by atoms with van der Waals surface area (Å²) in [4.78, 5) is 9.04. The van der Waals surface area contributed by atoms with Crippen molar-refractivity contribution in [3.63, 3.8) is 0 Å². The minimum atomic E-state index is 0.310. The van der Waals surface area contributed by atoms with Gasteiger partial charge in [-0.15, -0.1) is 0 Å². The molecule has 0 saturated carbocycles. The maximum atomic E-state index is 5.36. The number of likely N-dealkylation sites (N-methyl/N-ethyl adjacent to an activating group) is 1. The van der Waals surface area contributed by atoms with E-state index < -0.39 is 0 Å². The van der Waals surface area contributed by atoms with E-state index in [1.54, 1.807) is 7.11 Å². The van der Waals surface area contributed by atoms with Gasteiger partial charge >= 0.3 is 6.01 Å². The number of hydrogen-bond donors (Lipinski definition) is 0. The van der Waals surface area contributed by atoms with Crippen molar-refractivity contribution < 1.29 is 9.26 Å². The SMILES string of the molecule is COCCN(C)C1CCN(c2nc(C(C)C)no2)CC1. The molecule has 0 spiro atoms. The van der Waals surface area contributed by atoms with Crippen LogP contribution in [0.25, 0.3) is 0 Å². The van der Waals surface area contributed by atoms with E-state index in [2.05, 4.69) is 40.8 Å². The predicted molar refractivity (Wildman–Crippen MR) is 78.1 cm³/mol. The van der Waals surface area contributed by atoms with E-state index >= 15 is 0 Å². The Hall–Kier alpha value is -1.14. The standard InChI is InChI=1S/C14H26N4O2/c1-11(2)13-15-14(20-16-13)18-7-5-12(6-8-18)17(3)9-10-19-4/h11-12H,5-10H2,1-4H3. The minimum Gasteiger partial charge on any atom is -0.383 e. The number of ether oxygens (including phenoxy) is 1. The Balaban J connectivity index is 1.84. The van der Waals surface area contributed by atoms with Gasteiger partial charge in [-0.25, -0.2) is 0 Å². The molecule has 0 bridgehead atoms. The molecule has 1 saturated heterocycles. The van der Waals surface area contributed by atoms with E-state index in [0.717, 1.165) is 44.9 Å². The fraction of sp³-hybridized carbons (Fsp3) is 0.857. The van der Waals surface area contributed by atoms with Gasteiger partial charge in [-0.3, -0.25) is 0 Å². The summed E-state index contributed by atoms with van der Waals surface area (Å²) < 4.78 is 10.5. The summed E-state index contributed by atoms with van der Waals surface area (Å²) in [6, 6.07) is 1.29. The molecule has 0 radical (unpaired) electrons. The lowest BCUT2D eigenvalue weighted by Gasteiger charge is -2.35. The lowest BCUT2D eigenvalue weighted by Crippen LogP contribution is -2.44. The van der Waals surface area contributed by atoms with E-state index in [-0.39, 0.29) is 0 Å². The lowest BCUT2D eigenvalue weighted by molar-refractivity contribution is 0.128. The number of methoxy groups -OCH3 is 1. The zero-order valence-electron chi connectivity index (χ0n) is 13.0. The van der Waals surface area contributed by atoms with Crippen LogP contribution in [0.4, 0.5) is 6.01 Å². The van der Waals surface area contributed by atoms with Gasteiger partial charge in [0.15, 0.2) is 5.82 Å². The van der Waals surface area contributed by atoms with Crippen molar-refractivity contribution in [2.75, 3.05) is 45.3 Å². The van der Waals surface area contributed by atoms with Gasteiger partial charge in [-0.1, -0.05) is 19.0 Å². The molecule has 2 heterocycles. The zero-order valence-corrected chi connectivity index (χ0v) is 13.0.